The number of benzene rings is 1. The van der Waals surface area contributed by atoms with E-state index in [9.17, 15) is 4.39 Å². The molecule has 0 aliphatic heterocycles. The van der Waals surface area contributed by atoms with Crippen molar-refractivity contribution in [3.8, 4) is 5.75 Å². The van der Waals surface area contributed by atoms with Crippen LogP contribution in [0, 0.1) is 12.7 Å². The summed E-state index contributed by atoms with van der Waals surface area (Å²) in [6.07, 6.45) is 4.44. The van der Waals surface area contributed by atoms with Crippen LogP contribution < -0.4 is 9.30 Å². The van der Waals surface area contributed by atoms with Gasteiger partial charge in [0.15, 0.2) is 30.0 Å². The second-order valence-corrected chi connectivity index (χ2v) is 5.35. The van der Waals surface area contributed by atoms with Crippen LogP contribution in [0.3, 0.4) is 0 Å². The molecular weight excluding hydrogens is 281 g/mol. The molecule has 3 nitrogen and oxygen atoms in total. The summed E-state index contributed by atoms with van der Waals surface area (Å²) in [5.41, 5.74) is 2.08. The van der Waals surface area contributed by atoms with Crippen LogP contribution in [0.2, 0.25) is 0 Å². The van der Waals surface area contributed by atoms with Crippen molar-refractivity contribution in [1.29, 1.82) is 0 Å². The van der Waals surface area contributed by atoms with E-state index in [0.717, 1.165) is 31.4 Å². The predicted molar refractivity (Wildman–Crippen MR) is 83.3 cm³/mol. The van der Waals surface area contributed by atoms with E-state index in [0.29, 0.717) is 12.4 Å². The van der Waals surface area contributed by atoms with Gasteiger partial charge >= 0.3 is 0 Å². The van der Waals surface area contributed by atoms with Gasteiger partial charge in [-0.3, -0.25) is 0 Å². The Morgan fingerprint density at radius 2 is 2.05 bits per heavy atom. The Hall–Kier alpha value is -1.94. The zero-order chi connectivity index (χ0) is 15.8. The molecule has 2 aromatic rings. The number of pyridine rings is 1. The number of hydrogen-bond acceptors (Lipinski definition) is 2. The molecule has 0 aliphatic carbocycles. The molecule has 0 atom stereocenters. The van der Waals surface area contributed by atoms with Crippen LogP contribution in [0.4, 0.5) is 4.39 Å². The first-order chi connectivity index (χ1) is 10.7. The van der Waals surface area contributed by atoms with Crippen LogP contribution in [0.15, 0.2) is 42.6 Å². The van der Waals surface area contributed by atoms with Gasteiger partial charge in [-0.25, -0.2) is 8.96 Å². The first-order valence-corrected chi connectivity index (χ1v) is 7.68. The van der Waals surface area contributed by atoms with Gasteiger partial charge in [0.25, 0.3) is 0 Å². The van der Waals surface area contributed by atoms with Crippen molar-refractivity contribution < 1.29 is 18.8 Å². The molecule has 1 aromatic heterocycles. The number of halogens is 1. The molecule has 0 saturated heterocycles. The molecule has 0 radical (unpaired) electrons. The molecule has 0 unspecified atom stereocenters. The zero-order valence-electron chi connectivity index (χ0n) is 13.0. The first kappa shape index (κ1) is 16.4. The SMILES string of the molecule is Cc1ccc(OCCC[n+]2ccccc2CCCO)c(F)c1. The van der Waals surface area contributed by atoms with Crippen molar-refractivity contribution in [1.82, 2.24) is 0 Å². The Kier molecular flexibility index (Phi) is 6.34. The standard InChI is InChI=1S/C18H23FNO2/c1-15-8-9-18(17(19)14-15)22-13-5-11-20-10-3-2-6-16(20)7-4-12-21/h2-3,6,8-10,14,21H,4-5,7,11-13H2,1H3/q+1. The fourth-order valence-corrected chi connectivity index (χ4v) is 2.36. The van der Waals surface area contributed by atoms with Crippen LogP contribution in [0.25, 0.3) is 0 Å². The maximum Gasteiger partial charge on any atom is 0.181 e. The molecule has 1 N–H and O–H groups in total. The zero-order valence-corrected chi connectivity index (χ0v) is 13.0. The molecule has 0 spiro atoms. The fourth-order valence-electron chi connectivity index (χ4n) is 2.36. The molecule has 2 rings (SSSR count). The van der Waals surface area contributed by atoms with E-state index in [2.05, 4.69) is 10.6 Å². The van der Waals surface area contributed by atoms with E-state index in [4.69, 9.17) is 9.84 Å². The third-order valence-corrected chi connectivity index (χ3v) is 3.51. The number of aliphatic hydroxyl groups is 1. The van der Waals surface area contributed by atoms with Gasteiger partial charge in [0.05, 0.1) is 6.61 Å². The summed E-state index contributed by atoms with van der Waals surface area (Å²) in [6.45, 7) is 3.34. The van der Waals surface area contributed by atoms with E-state index >= 15 is 0 Å². The van der Waals surface area contributed by atoms with Gasteiger partial charge in [-0.2, -0.15) is 0 Å². The maximum absolute atomic E-state index is 13.7. The van der Waals surface area contributed by atoms with Crippen molar-refractivity contribution in [2.45, 2.75) is 32.7 Å². The van der Waals surface area contributed by atoms with Crippen molar-refractivity contribution in [2.75, 3.05) is 13.2 Å². The number of rotatable bonds is 8. The lowest BCUT2D eigenvalue weighted by Gasteiger charge is -2.07. The average molecular weight is 304 g/mol. The largest absolute Gasteiger partial charge is 0.490 e. The highest BCUT2D eigenvalue weighted by molar-refractivity contribution is 5.28. The van der Waals surface area contributed by atoms with E-state index in [1.54, 1.807) is 6.07 Å². The Balaban J connectivity index is 1.83. The average Bonchev–Trinajstić information content (AvgIpc) is 2.52. The number of aromatic nitrogens is 1. The van der Waals surface area contributed by atoms with Crippen molar-refractivity contribution >= 4 is 0 Å². The Morgan fingerprint density at radius 3 is 2.82 bits per heavy atom. The maximum atomic E-state index is 13.7. The van der Waals surface area contributed by atoms with E-state index < -0.39 is 0 Å². The lowest BCUT2D eigenvalue weighted by atomic mass is 10.2. The third-order valence-electron chi connectivity index (χ3n) is 3.51. The van der Waals surface area contributed by atoms with Gasteiger partial charge in [-0.05, 0) is 31.0 Å². The Morgan fingerprint density at radius 1 is 1.18 bits per heavy atom. The summed E-state index contributed by atoms with van der Waals surface area (Å²) >= 11 is 0. The smallest absolute Gasteiger partial charge is 0.181 e. The minimum absolute atomic E-state index is 0.199. The van der Waals surface area contributed by atoms with Crippen LogP contribution in [0.5, 0.6) is 5.75 Å². The first-order valence-electron chi connectivity index (χ1n) is 7.68. The van der Waals surface area contributed by atoms with E-state index in [-0.39, 0.29) is 12.4 Å². The van der Waals surface area contributed by atoms with E-state index in [1.807, 2.05) is 31.3 Å². The molecule has 22 heavy (non-hydrogen) atoms. The summed E-state index contributed by atoms with van der Waals surface area (Å²) in [4.78, 5) is 0. The molecule has 1 aromatic carbocycles. The van der Waals surface area contributed by atoms with Crippen LogP contribution in [-0.4, -0.2) is 18.3 Å². The molecular formula is C18H23FNO2+. The predicted octanol–water partition coefficient (Wildman–Crippen LogP) is 2.82. The summed E-state index contributed by atoms with van der Waals surface area (Å²) < 4.78 is 21.3. The third kappa shape index (κ3) is 4.81. The van der Waals surface area contributed by atoms with Crippen molar-refractivity contribution in [3.63, 3.8) is 0 Å². The monoisotopic (exact) mass is 304 g/mol. The number of aliphatic hydroxyl groups excluding tert-OH is 1. The molecule has 0 bridgehead atoms. The topological polar surface area (TPSA) is 33.3 Å². The molecule has 0 amide bonds. The van der Waals surface area contributed by atoms with Gasteiger partial charge in [-0.1, -0.05) is 12.1 Å². The number of ether oxygens (including phenoxy) is 1. The minimum atomic E-state index is -0.309. The molecule has 1 heterocycles. The summed E-state index contributed by atoms with van der Waals surface area (Å²) in [6, 6.07) is 11.1. The number of aryl methyl sites for hydroxylation is 3. The molecule has 118 valence electrons. The highest BCUT2D eigenvalue weighted by Crippen LogP contribution is 2.17. The lowest BCUT2D eigenvalue weighted by molar-refractivity contribution is -0.704. The normalized spacial score (nSPS) is 10.7. The summed E-state index contributed by atoms with van der Waals surface area (Å²) in [5, 5.41) is 8.94. The quantitative estimate of drug-likeness (QED) is 0.601. The Bertz CT molecular complexity index is 601. The highest BCUT2D eigenvalue weighted by Gasteiger charge is 2.09. The molecule has 0 saturated carbocycles. The summed E-state index contributed by atoms with van der Waals surface area (Å²) in [7, 11) is 0. The van der Waals surface area contributed by atoms with Gasteiger partial charge in [0.2, 0.25) is 0 Å². The highest BCUT2D eigenvalue weighted by atomic mass is 19.1. The van der Waals surface area contributed by atoms with Crippen LogP contribution in [-0.2, 0) is 13.0 Å². The van der Waals surface area contributed by atoms with Crippen LogP contribution in [0.1, 0.15) is 24.1 Å². The van der Waals surface area contributed by atoms with Gasteiger partial charge < -0.3 is 9.84 Å². The number of nitrogens with zero attached hydrogens (tertiary/aromatic N) is 1. The van der Waals surface area contributed by atoms with Gasteiger partial charge in [0.1, 0.15) is 0 Å². The van der Waals surface area contributed by atoms with Crippen LogP contribution >= 0.6 is 0 Å². The van der Waals surface area contributed by atoms with Gasteiger partial charge in [0, 0.05) is 31.6 Å². The number of hydrogen-bond donors (Lipinski definition) is 1. The Labute approximate surface area is 131 Å². The van der Waals surface area contributed by atoms with Gasteiger partial charge in [-0.15, -0.1) is 0 Å². The summed E-state index contributed by atoms with van der Waals surface area (Å²) in [5.74, 6) is 0.000152. The second-order valence-electron chi connectivity index (χ2n) is 5.35. The van der Waals surface area contributed by atoms with E-state index in [1.165, 1.54) is 11.8 Å². The fraction of sp³-hybridized carbons (Fsp3) is 0.389. The molecule has 0 aliphatic rings. The minimum Gasteiger partial charge on any atom is -0.490 e. The second kappa shape index (κ2) is 8.49. The van der Waals surface area contributed by atoms with Crippen molar-refractivity contribution in [3.05, 3.63) is 59.7 Å². The lowest BCUT2D eigenvalue weighted by Crippen LogP contribution is -2.38. The van der Waals surface area contributed by atoms with Crippen molar-refractivity contribution in [2.24, 2.45) is 0 Å². The molecule has 0 fully saturated rings. The molecule has 4 heteroatoms.